The summed E-state index contributed by atoms with van der Waals surface area (Å²) in [6, 6.07) is 20.1. The number of aryl methyl sites for hydroxylation is 1. The Hall–Kier alpha value is -4.73. The second-order valence-corrected chi connectivity index (χ2v) is 25.9. The maximum Gasteiger partial charge on any atom is 0.469 e. The second kappa shape index (κ2) is 23.7. The molecule has 3 aromatic carbocycles. The number of aromatic nitrogens is 3. The van der Waals surface area contributed by atoms with Gasteiger partial charge in [0.25, 0.3) is 5.56 Å². The minimum Gasteiger partial charge on any atom is -0.790 e. The lowest BCUT2D eigenvalue weighted by Gasteiger charge is -2.33. The monoisotopic (exact) mass is 1180 g/mol. The highest BCUT2D eigenvalue weighted by atomic mass is 32.2. The molecule has 7 N–H and O–H groups in total. The van der Waals surface area contributed by atoms with Crippen LogP contribution in [-0.2, 0) is 67.4 Å². The Balaban J connectivity index is 0.000000170. The number of sulfonamides is 2. The molecular formula is C43H52N6O21P2S4-2. The molecule has 2 unspecified atom stereocenters. The van der Waals surface area contributed by atoms with Gasteiger partial charge in [0.2, 0.25) is 25.8 Å². The van der Waals surface area contributed by atoms with Crippen LogP contribution < -0.4 is 35.3 Å². The Morgan fingerprint density at radius 2 is 1.55 bits per heavy atom. The standard InChI is InChI=1S/C19H23N3O6S2.C18H17N3O3S2.C6H14O12P2/c20-15-3-1-4-16(13-15)29(23,24)21-7-2-8-22(10-9-21)30(25,26)17-5-6-18-19(14-17)28-12-11-27-18;1-20-14-8-15(26(3)23)25-17(14)13-9-19-21(18(22)16(13)20)10-11-5-4-6-12(7-11)24-2;7-4-3(1-16-19(10,11)12)18-6(9,5(4)8)2-17-20(13,14)15/h1,3-6,13-14H,2,7-12,20H2;4-9H,10H2,1-3H3;3-5,7-9H,1-2H2,(H2,10,11,12)(H2,13,14,15)/p-2/t;;3-,4+,5?,6+/m..1/s1. The molecule has 2 saturated heterocycles. The number of phosphoric ester groups is 2. The number of fused-ring (bicyclic) bond motifs is 4. The van der Waals surface area contributed by atoms with Crippen LogP contribution in [0.5, 0.6) is 17.2 Å². The van der Waals surface area contributed by atoms with Crippen molar-refractivity contribution in [3.05, 3.63) is 94.9 Å². The molecule has 6 heterocycles. The predicted molar refractivity (Wildman–Crippen MR) is 269 cm³/mol. The molecule has 0 aliphatic carbocycles. The Morgan fingerprint density at radius 1 is 0.908 bits per heavy atom. The van der Waals surface area contributed by atoms with E-state index in [9.17, 15) is 60.1 Å². The number of nitrogen functional groups attached to an aromatic ring is 1. The fourth-order valence-electron chi connectivity index (χ4n) is 8.06. The van der Waals surface area contributed by atoms with Crippen molar-refractivity contribution in [3.63, 3.8) is 0 Å². The highest BCUT2D eigenvalue weighted by molar-refractivity contribution is 7.89. The number of aliphatic hydroxyl groups is 3. The van der Waals surface area contributed by atoms with Gasteiger partial charge in [-0.2, -0.15) is 13.7 Å². The first-order valence-electron chi connectivity index (χ1n) is 22.4. The summed E-state index contributed by atoms with van der Waals surface area (Å²) in [5.74, 6) is -1.10. The van der Waals surface area contributed by atoms with Crippen LogP contribution in [0, 0.1) is 0 Å². The highest BCUT2D eigenvalue weighted by Crippen LogP contribution is 2.40. The molecule has 76 heavy (non-hydrogen) atoms. The minimum atomic E-state index is -5.46. The third-order valence-electron chi connectivity index (χ3n) is 11.8. The number of methoxy groups -OCH3 is 1. The summed E-state index contributed by atoms with van der Waals surface area (Å²) in [7, 11) is -15.5. The number of thiophene rings is 1. The molecule has 0 radical (unpaired) electrons. The molecule has 6 aromatic rings. The molecule has 0 saturated carbocycles. The molecule has 2 fully saturated rings. The van der Waals surface area contributed by atoms with Crippen LogP contribution in [0.15, 0.2) is 97.8 Å². The fraction of sp³-hybridized carbons (Fsp3) is 0.395. The van der Waals surface area contributed by atoms with E-state index in [0.29, 0.717) is 48.9 Å². The van der Waals surface area contributed by atoms with Crippen LogP contribution in [0.1, 0.15) is 12.0 Å². The van der Waals surface area contributed by atoms with Crippen molar-refractivity contribution in [2.45, 2.75) is 51.1 Å². The summed E-state index contributed by atoms with van der Waals surface area (Å²) in [5.41, 5.74) is 8.39. The molecule has 5 atom stereocenters. The SMILES string of the molecule is COc1cccc(Cn2ncc3c4sc(S(C)=O)cc4n(C)c3c2=O)c1.Nc1cccc(S(=O)(=O)N2CCCN(S(=O)(=O)c3ccc4c(c3)OCCO4)CC2)c1.O=P([O-])([O-])OC[C@]1(O)O[C@H](COP(=O)(O)O)[C@H](O)C1O. The van der Waals surface area contributed by atoms with Crippen LogP contribution >= 0.6 is 27.0 Å². The van der Waals surface area contributed by atoms with Crippen LogP contribution in [-0.4, -0.2) is 159 Å². The number of hydrogen-bond acceptors (Lipinski definition) is 22. The van der Waals surface area contributed by atoms with Crippen molar-refractivity contribution >= 4 is 84.6 Å². The van der Waals surface area contributed by atoms with Gasteiger partial charge in [0.1, 0.15) is 49.4 Å². The van der Waals surface area contributed by atoms with Gasteiger partial charge < -0.3 is 73.2 Å². The van der Waals surface area contributed by atoms with E-state index in [0.717, 1.165) is 31.1 Å². The average Bonchev–Trinajstić information content (AvgIpc) is 3.91. The van der Waals surface area contributed by atoms with Crippen molar-refractivity contribution in [1.82, 2.24) is 23.0 Å². The average molecular weight is 1180 g/mol. The summed E-state index contributed by atoms with van der Waals surface area (Å²) in [6.07, 6.45) is -1.76. The number of nitrogens with zero attached hydrogens (tertiary/aromatic N) is 5. The first-order chi connectivity index (χ1) is 35.6. The zero-order valence-electron chi connectivity index (χ0n) is 40.4. The zero-order chi connectivity index (χ0) is 55.5. The van der Waals surface area contributed by atoms with Crippen LogP contribution in [0.3, 0.4) is 0 Å². The Kier molecular flexibility index (Phi) is 18.4. The van der Waals surface area contributed by atoms with Gasteiger partial charge in [-0.25, -0.2) is 26.1 Å². The number of phosphoric acid groups is 2. The lowest BCUT2D eigenvalue weighted by atomic mass is 10.1. The van der Waals surface area contributed by atoms with E-state index in [2.05, 4.69) is 18.9 Å². The van der Waals surface area contributed by atoms with Crippen molar-refractivity contribution < 1.29 is 93.1 Å². The fourth-order valence-corrected chi connectivity index (χ4v) is 13.7. The van der Waals surface area contributed by atoms with Crippen molar-refractivity contribution in [1.29, 1.82) is 0 Å². The third-order valence-corrected chi connectivity index (χ3v) is 19.1. The van der Waals surface area contributed by atoms with Gasteiger partial charge in [-0.1, -0.05) is 18.2 Å². The molecule has 3 aromatic heterocycles. The minimum absolute atomic E-state index is 0.0539. The molecule has 27 nitrogen and oxygen atoms in total. The highest BCUT2D eigenvalue weighted by Gasteiger charge is 2.54. The van der Waals surface area contributed by atoms with E-state index in [1.807, 2.05) is 41.9 Å². The zero-order valence-corrected chi connectivity index (χ0v) is 45.5. The number of benzene rings is 3. The Labute approximate surface area is 440 Å². The maximum absolute atomic E-state index is 13.1. The number of nitrogens with two attached hydrogens (primary N) is 1. The van der Waals surface area contributed by atoms with Crippen LogP contribution in [0.25, 0.3) is 21.1 Å². The van der Waals surface area contributed by atoms with E-state index in [1.165, 1.54) is 48.9 Å². The molecule has 9 rings (SSSR count). The van der Waals surface area contributed by atoms with E-state index in [4.69, 9.17) is 29.7 Å². The second-order valence-electron chi connectivity index (χ2n) is 17.0. The first-order valence-corrected chi connectivity index (χ1v) is 30.7. The molecule has 416 valence electrons. The quantitative estimate of drug-likeness (QED) is 0.0598. The smallest absolute Gasteiger partial charge is 0.469 e. The number of rotatable bonds is 14. The number of hydrogen-bond donors (Lipinski definition) is 6. The molecule has 33 heteroatoms. The van der Waals surface area contributed by atoms with Crippen molar-refractivity contribution in [3.8, 4) is 17.2 Å². The van der Waals surface area contributed by atoms with E-state index in [1.54, 1.807) is 37.8 Å². The van der Waals surface area contributed by atoms with Gasteiger partial charge in [-0.15, -0.1) is 11.3 Å². The summed E-state index contributed by atoms with van der Waals surface area (Å²) in [6.45, 7) is -0.503. The van der Waals surface area contributed by atoms with Gasteiger partial charge >= 0.3 is 7.82 Å². The summed E-state index contributed by atoms with van der Waals surface area (Å²) < 4.78 is 121. The van der Waals surface area contributed by atoms with Crippen molar-refractivity contribution in [2.75, 3.05) is 71.7 Å². The largest absolute Gasteiger partial charge is 0.790 e. The van der Waals surface area contributed by atoms with Crippen LogP contribution in [0.4, 0.5) is 5.69 Å². The molecule has 0 bridgehead atoms. The van der Waals surface area contributed by atoms with E-state index < -0.39 is 83.8 Å². The summed E-state index contributed by atoms with van der Waals surface area (Å²) >= 11 is 1.45. The molecule has 0 spiro atoms. The van der Waals surface area contributed by atoms with E-state index >= 15 is 0 Å². The van der Waals surface area contributed by atoms with Crippen LogP contribution in [0.2, 0.25) is 0 Å². The molecule has 0 amide bonds. The van der Waals surface area contributed by atoms with Gasteiger partial charge in [0.15, 0.2) is 11.5 Å². The Bertz CT molecular complexity index is 3500. The van der Waals surface area contributed by atoms with Crippen molar-refractivity contribution in [2.24, 2.45) is 7.05 Å². The lowest BCUT2D eigenvalue weighted by Crippen LogP contribution is -2.47. The van der Waals surface area contributed by atoms with Gasteiger partial charge in [-0.3, -0.25) is 13.5 Å². The number of aliphatic hydroxyl groups excluding tert-OH is 2. The first kappa shape index (κ1) is 58.9. The summed E-state index contributed by atoms with van der Waals surface area (Å²) in [4.78, 5) is 50.6. The summed E-state index contributed by atoms with van der Waals surface area (Å²) in [5, 5.41) is 33.8. The topological polar surface area (TPSA) is 394 Å². The molecular weight excluding hydrogens is 1130 g/mol. The third kappa shape index (κ3) is 13.7. The number of ether oxygens (including phenoxy) is 4. The normalized spacial score (nSPS) is 21.1. The van der Waals surface area contributed by atoms with Gasteiger partial charge in [0.05, 0.1) is 69.3 Å². The van der Waals surface area contributed by atoms with Gasteiger partial charge in [-0.05, 0) is 60.5 Å². The Morgan fingerprint density at radius 3 is 2.17 bits per heavy atom. The maximum atomic E-state index is 13.1. The van der Waals surface area contributed by atoms with E-state index in [-0.39, 0.29) is 41.5 Å². The predicted octanol–water partition coefficient (Wildman–Crippen LogP) is -0.380. The lowest BCUT2D eigenvalue weighted by molar-refractivity contribution is -0.350. The van der Waals surface area contributed by atoms with Gasteiger partial charge in [0, 0.05) is 56.6 Å². The molecule has 3 aliphatic rings. The number of anilines is 1. The molecule has 3 aliphatic heterocycles.